The van der Waals surface area contributed by atoms with Crippen molar-refractivity contribution in [2.75, 3.05) is 13.2 Å². The van der Waals surface area contributed by atoms with E-state index < -0.39 is 17.5 Å². The first kappa shape index (κ1) is 11.2. The number of esters is 1. The number of rotatable bonds is 0. The molecule has 4 aliphatic rings. The lowest BCUT2D eigenvalue weighted by Crippen LogP contribution is -2.46. The molecule has 3 unspecified atom stereocenters. The van der Waals surface area contributed by atoms with Gasteiger partial charge in [0.25, 0.3) is 5.79 Å². The van der Waals surface area contributed by atoms with E-state index in [-0.39, 0.29) is 12.0 Å². The lowest BCUT2D eigenvalue weighted by atomic mass is 9.93. The Morgan fingerprint density at radius 3 is 2.83 bits per heavy atom. The first-order chi connectivity index (χ1) is 8.74. The van der Waals surface area contributed by atoms with Crippen LogP contribution in [0.5, 0.6) is 0 Å². The van der Waals surface area contributed by atoms with Crippen LogP contribution in [-0.2, 0) is 23.8 Å². The molecule has 0 aromatic rings. The summed E-state index contributed by atoms with van der Waals surface area (Å²) in [4.78, 5) is 17.7. The summed E-state index contributed by atoms with van der Waals surface area (Å²) in [6, 6.07) is 0.0243. The minimum absolute atomic E-state index is 0.0243. The molecule has 3 saturated heterocycles. The second-order valence-electron chi connectivity index (χ2n) is 5.60. The van der Waals surface area contributed by atoms with E-state index in [1.807, 2.05) is 0 Å². The van der Waals surface area contributed by atoms with Crippen molar-refractivity contribution in [3.8, 4) is 0 Å². The van der Waals surface area contributed by atoms with Crippen molar-refractivity contribution in [2.45, 2.75) is 49.7 Å². The van der Waals surface area contributed by atoms with E-state index in [4.69, 9.17) is 19.0 Å². The maximum absolute atomic E-state index is 12.2. The molecule has 2 spiro atoms. The lowest BCUT2D eigenvalue weighted by molar-refractivity contribution is -0.284. The van der Waals surface area contributed by atoms with Gasteiger partial charge in [-0.2, -0.15) is 5.48 Å². The average Bonchev–Trinajstić information content (AvgIpc) is 3.00. The van der Waals surface area contributed by atoms with Gasteiger partial charge >= 0.3 is 5.97 Å². The van der Waals surface area contributed by atoms with Crippen LogP contribution in [0.15, 0.2) is 0 Å². The second kappa shape index (κ2) is 3.66. The Kier molecular flexibility index (Phi) is 2.27. The van der Waals surface area contributed by atoms with Crippen molar-refractivity contribution < 1.29 is 23.8 Å². The van der Waals surface area contributed by atoms with Crippen molar-refractivity contribution in [2.24, 2.45) is 5.92 Å². The molecule has 0 bridgehead atoms. The van der Waals surface area contributed by atoms with Crippen LogP contribution < -0.4 is 5.48 Å². The molecular weight excluding hydrogens is 238 g/mol. The summed E-state index contributed by atoms with van der Waals surface area (Å²) in [5, 5.41) is 0. The van der Waals surface area contributed by atoms with Gasteiger partial charge in [-0.15, -0.1) is 0 Å². The predicted molar refractivity (Wildman–Crippen MR) is 58.0 cm³/mol. The smallest absolute Gasteiger partial charge is 0.371 e. The third-order valence-corrected chi connectivity index (χ3v) is 4.45. The maximum Gasteiger partial charge on any atom is 0.371 e. The number of ether oxygens (including phenoxy) is 3. The zero-order valence-corrected chi connectivity index (χ0v) is 10.1. The Hall–Kier alpha value is -0.690. The Bertz CT molecular complexity index is 381. The van der Waals surface area contributed by atoms with E-state index in [1.165, 1.54) is 6.42 Å². The Labute approximate surface area is 105 Å². The maximum atomic E-state index is 12.2. The highest BCUT2D eigenvalue weighted by Gasteiger charge is 2.69. The number of fused-ring (bicyclic) bond motifs is 2. The molecule has 18 heavy (non-hydrogen) atoms. The Morgan fingerprint density at radius 1 is 1.17 bits per heavy atom. The summed E-state index contributed by atoms with van der Waals surface area (Å²) in [7, 11) is 0. The number of hydroxylamine groups is 1. The van der Waals surface area contributed by atoms with Crippen LogP contribution in [-0.4, -0.2) is 36.8 Å². The van der Waals surface area contributed by atoms with E-state index >= 15 is 0 Å². The zero-order valence-electron chi connectivity index (χ0n) is 10.1. The van der Waals surface area contributed by atoms with Crippen LogP contribution >= 0.6 is 0 Å². The van der Waals surface area contributed by atoms with Gasteiger partial charge in [0.1, 0.15) is 0 Å². The highest BCUT2D eigenvalue weighted by molar-refractivity contribution is 5.81. The van der Waals surface area contributed by atoms with Crippen LogP contribution in [0.25, 0.3) is 0 Å². The summed E-state index contributed by atoms with van der Waals surface area (Å²) in [6.07, 6.45) is 4.76. The van der Waals surface area contributed by atoms with Gasteiger partial charge in [0.2, 0.25) is 5.79 Å². The molecule has 3 atom stereocenters. The molecule has 0 radical (unpaired) electrons. The second-order valence-corrected chi connectivity index (χ2v) is 5.60. The molecule has 3 aliphatic heterocycles. The third-order valence-electron chi connectivity index (χ3n) is 4.45. The summed E-state index contributed by atoms with van der Waals surface area (Å²) < 4.78 is 17.0. The number of carbonyl (C=O) groups excluding carboxylic acids is 1. The number of carbonyl (C=O) groups is 1. The summed E-state index contributed by atoms with van der Waals surface area (Å²) >= 11 is 0. The zero-order chi connectivity index (χ0) is 12.2. The van der Waals surface area contributed by atoms with Gasteiger partial charge < -0.3 is 9.47 Å². The molecule has 1 saturated carbocycles. The van der Waals surface area contributed by atoms with Gasteiger partial charge in [-0.25, -0.2) is 4.79 Å². The van der Waals surface area contributed by atoms with E-state index in [9.17, 15) is 4.79 Å². The monoisotopic (exact) mass is 255 g/mol. The molecular formula is C12H17NO5. The largest absolute Gasteiger partial charge is 0.429 e. The fourth-order valence-electron chi connectivity index (χ4n) is 3.45. The minimum Gasteiger partial charge on any atom is -0.429 e. The van der Waals surface area contributed by atoms with E-state index in [0.29, 0.717) is 13.2 Å². The molecule has 6 heteroatoms. The van der Waals surface area contributed by atoms with Crippen LogP contribution in [0.2, 0.25) is 0 Å². The van der Waals surface area contributed by atoms with Crippen molar-refractivity contribution in [1.29, 1.82) is 0 Å². The SMILES string of the molecule is O=C1OC2(CCCCC2)OC12ONC1COCC12. The molecule has 1 aliphatic carbocycles. The van der Waals surface area contributed by atoms with E-state index in [1.54, 1.807) is 0 Å². The van der Waals surface area contributed by atoms with Crippen LogP contribution in [0, 0.1) is 5.92 Å². The molecule has 100 valence electrons. The normalized spacial score (nSPS) is 45.7. The van der Waals surface area contributed by atoms with Gasteiger partial charge in [-0.05, 0) is 12.8 Å². The van der Waals surface area contributed by atoms with Gasteiger partial charge in [-0.1, -0.05) is 6.42 Å². The molecule has 6 nitrogen and oxygen atoms in total. The number of nitrogens with one attached hydrogen (secondary N) is 1. The Morgan fingerprint density at radius 2 is 2.00 bits per heavy atom. The first-order valence-electron chi connectivity index (χ1n) is 6.69. The molecule has 0 aromatic heterocycles. The summed E-state index contributed by atoms with van der Waals surface area (Å²) in [5.74, 6) is -2.53. The van der Waals surface area contributed by atoms with Crippen LogP contribution in [0.3, 0.4) is 0 Å². The van der Waals surface area contributed by atoms with Crippen molar-refractivity contribution in [1.82, 2.24) is 5.48 Å². The highest BCUT2D eigenvalue weighted by atomic mass is 16.9. The fourth-order valence-corrected chi connectivity index (χ4v) is 3.45. The van der Waals surface area contributed by atoms with E-state index in [2.05, 4.69) is 5.48 Å². The quantitative estimate of drug-likeness (QED) is 0.635. The Balaban J connectivity index is 1.64. The van der Waals surface area contributed by atoms with Crippen molar-refractivity contribution in [3.05, 3.63) is 0 Å². The third kappa shape index (κ3) is 1.34. The minimum atomic E-state index is -1.28. The molecule has 1 N–H and O–H groups in total. The lowest BCUT2D eigenvalue weighted by Gasteiger charge is -2.32. The van der Waals surface area contributed by atoms with Gasteiger partial charge in [0.05, 0.1) is 25.2 Å². The first-order valence-corrected chi connectivity index (χ1v) is 6.69. The predicted octanol–water partition coefficient (Wildman–Crippen LogP) is 0.466. The number of hydrogen-bond donors (Lipinski definition) is 1. The molecule has 3 heterocycles. The molecule has 4 rings (SSSR count). The van der Waals surface area contributed by atoms with Crippen molar-refractivity contribution >= 4 is 5.97 Å². The van der Waals surface area contributed by atoms with Crippen LogP contribution in [0.4, 0.5) is 0 Å². The average molecular weight is 255 g/mol. The van der Waals surface area contributed by atoms with Crippen LogP contribution in [0.1, 0.15) is 32.1 Å². The van der Waals surface area contributed by atoms with Crippen molar-refractivity contribution in [3.63, 3.8) is 0 Å². The summed E-state index contributed by atoms with van der Waals surface area (Å²) in [6.45, 7) is 1.03. The number of hydrogen-bond acceptors (Lipinski definition) is 6. The molecule has 0 amide bonds. The summed E-state index contributed by atoms with van der Waals surface area (Å²) in [5.41, 5.74) is 2.85. The van der Waals surface area contributed by atoms with Gasteiger partial charge in [0.15, 0.2) is 0 Å². The van der Waals surface area contributed by atoms with Gasteiger partial charge in [-0.3, -0.25) is 9.57 Å². The fraction of sp³-hybridized carbons (Fsp3) is 0.917. The standard InChI is InChI=1S/C12H17NO5/c14-10-12(8-6-15-7-9(8)13-18-12)17-11(16-10)4-2-1-3-5-11/h8-9,13H,1-7H2. The topological polar surface area (TPSA) is 66.0 Å². The molecule has 4 fully saturated rings. The van der Waals surface area contributed by atoms with E-state index in [0.717, 1.165) is 25.7 Å². The molecule has 0 aromatic carbocycles. The van der Waals surface area contributed by atoms with Gasteiger partial charge in [0, 0.05) is 12.8 Å². The highest BCUT2D eigenvalue weighted by Crippen LogP contribution is 2.49.